The van der Waals surface area contributed by atoms with Gasteiger partial charge in [-0.1, -0.05) is 46.7 Å². The van der Waals surface area contributed by atoms with Crippen LogP contribution in [0.4, 0.5) is 0 Å². The van der Waals surface area contributed by atoms with Crippen LogP contribution < -0.4 is 5.32 Å². The molecule has 0 bridgehead atoms. The zero-order valence-corrected chi connectivity index (χ0v) is 17.0. The number of oxime groups is 2. The summed E-state index contributed by atoms with van der Waals surface area (Å²) >= 11 is 2.24. The van der Waals surface area contributed by atoms with Crippen LogP contribution in [0.1, 0.15) is 22.3 Å². The lowest BCUT2D eigenvalue weighted by molar-refractivity contribution is -0.114. The molecule has 136 valence electrons. The molecule has 1 N–H and O–H groups in total. The molecule has 7 heteroatoms. The van der Waals surface area contributed by atoms with Gasteiger partial charge in [-0.3, -0.25) is 4.79 Å². The third-order valence-corrected chi connectivity index (χ3v) is 4.65. The Morgan fingerprint density at radius 2 is 2.00 bits per heavy atom. The van der Waals surface area contributed by atoms with Gasteiger partial charge in [0.2, 0.25) is 0 Å². The van der Waals surface area contributed by atoms with Gasteiger partial charge in [-0.15, -0.1) is 0 Å². The zero-order chi connectivity index (χ0) is 18.9. The van der Waals surface area contributed by atoms with E-state index in [2.05, 4.69) is 38.2 Å². The van der Waals surface area contributed by atoms with Crippen molar-refractivity contribution in [3.05, 3.63) is 68.3 Å². The number of rotatable bonds is 7. The summed E-state index contributed by atoms with van der Waals surface area (Å²) in [5.41, 5.74) is 3.62. The van der Waals surface area contributed by atoms with Crippen molar-refractivity contribution < 1.29 is 14.5 Å². The summed E-state index contributed by atoms with van der Waals surface area (Å²) in [7, 11) is 2.95. The number of nitrogens with one attached hydrogen (secondary N) is 1. The minimum atomic E-state index is -0.332. The zero-order valence-electron chi connectivity index (χ0n) is 14.8. The van der Waals surface area contributed by atoms with Gasteiger partial charge in [-0.2, -0.15) is 0 Å². The van der Waals surface area contributed by atoms with Crippen LogP contribution >= 0.6 is 22.6 Å². The molecule has 0 aromatic heterocycles. The van der Waals surface area contributed by atoms with Gasteiger partial charge in [0.15, 0.2) is 5.71 Å². The predicted molar refractivity (Wildman–Crippen MR) is 110 cm³/mol. The average Bonchev–Trinajstić information content (AvgIpc) is 2.65. The molecule has 0 fully saturated rings. The number of likely N-dealkylation sites (N-methyl/N-ethyl adjacent to an activating group) is 1. The van der Waals surface area contributed by atoms with E-state index in [-0.39, 0.29) is 18.2 Å². The van der Waals surface area contributed by atoms with Crippen molar-refractivity contribution in [1.29, 1.82) is 0 Å². The van der Waals surface area contributed by atoms with E-state index in [4.69, 9.17) is 9.68 Å². The molecular weight excluding hydrogens is 445 g/mol. The highest BCUT2D eigenvalue weighted by Gasteiger charge is 2.19. The van der Waals surface area contributed by atoms with Crippen molar-refractivity contribution in [3.63, 3.8) is 0 Å². The van der Waals surface area contributed by atoms with E-state index >= 15 is 0 Å². The first-order valence-corrected chi connectivity index (χ1v) is 8.98. The van der Waals surface area contributed by atoms with E-state index < -0.39 is 0 Å². The summed E-state index contributed by atoms with van der Waals surface area (Å²) in [4.78, 5) is 22.4. The van der Waals surface area contributed by atoms with Crippen LogP contribution in [-0.2, 0) is 21.1 Å². The Hall–Kier alpha value is -2.42. The van der Waals surface area contributed by atoms with E-state index in [0.717, 1.165) is 20.3 Å². The highest BCUT2D eigenvalue weighted by molar-refractivity contribution is 14.1. The second kappa shape index (κ2) is 9.91. The van der Waals surface area contributed by atoms with Crippen molar-refractivity contribution in [1.82, 2.24) is 5.32 Å². The molecule has 26 heavy (non-hydrogen) atoms. The van der Waals surface area contributed by atoms with E-state index in [9.17, 15) is 4.79 Å². The third kappa shape index (κ3) is 5.04. The number of amides is 1. The SMILES string of the molecule is CNC(=O)/C(=N/OC)c1cccc(C)c1CO/N=C/c1ccccc1I. The molecule has 6 nitrogen and oxygen atoms in total. The summed E-state index contributed by atoms with van der Waals surface area (Å²) in [6, 6.07) is 13.5. The van der Waals surface area contributed by atoms with Crippen LogP contribution in [-0.4, -0.2) is 32.0 Å². The fourth-order valence-corrected chi connectivity index (χ4v) is 2.84. The van der Waals surface area contributed by atoms with Gasteiger partial charge in [-0.25, -0.2) is 0 Å². The number of carbonyl (C=O) groups is 1. The molecule has 0 aliphatic heterocycles. The number of hydrogen-bond acceptors (Lipinski definition) is 5. The Labute approximate surface area is 166 Å². The van der Waals surface area contributed by atoms with Crippen molar-refractivity contribution >= 4 is 40.4 Å². The number of carbonyl (C=O) groups excluding carboxylic acids is 1. The molecule has 0 saturated heterocycles. The van der Waals surface area contributed by atoms with E-state index in [0.29, 0.717) is 5.56 Å². The summed E-state index contributed by atoms with van der Waals surface area (Å²) in [5.74, 6) is -0.332. The van der Waals surface area contributed by atoms with Crippen LogP contribution in [0.3, 0.4) is 0 Å². The molecular formula is C19H20IN3O3. The first-order valence-electron chi connectivity index (χ1n) is 7.90. The van der Waals surface area contributed by atoms with Crippen LogP contribution in [0.5, 0.6) is 0 Å². The van der Waals surface area contributed by atoms with Crippen LogP contribution in [0, 0.1) is 10.5 Å². The van der Waals surface area contributed by atoms with Gasteiger partial charge < -0.3 is 15.0 Å². The minimum absolute atomic E-state index is 0.193. The van der Waals surface area contributed by atoms with Gasteiger partial charge in [0.05, 0.1) is 6.21 Å². The van der Waals surface area contributed by atoms with Crippen LogP contribution in [0.25, 0.3) is 0 Å². The maximum atomic E-state index is 12.1. The Kier molecular flexibility index (Phi) is 7.58. The van der Waals surface area contributed by atoms with Gasteiger partial charge in [0.1, 0.15) is 13.7 Å². The highest BCUT2D eigenvalue weighted by Crippen LogP contribution is 2.17. The van der Waals surface area contributed by atoms with Crippen molar-refractivity contribution in [2.75, 3.05) is 14.2 Å². The molecule has 0 radical (unpaired) electrons. The van der Waals surface area contributed by atoms with Crippen molar-refractivity contribution in [2.24, 2.45) is 10.3 Å². The van der Waals surface area contributed by atoms with Crippen molar-refractivity contribution in [3.8, 4) is 0 Å². The third-order valence-electron chi connectivity index (χ3n) is 3.67. The lowest BCUT2D eigenvalue weighted by Gasteiger charge is -2.12. The summed E-state index contributed by atoms with van der Waals surface area (Å²) in [6.45, 7) is 2.15. The molecule has 2 aromatic rings. The van der Waals surface area contributed by atoms with Gasteiger partial charge in [0, 0.05) is 27.3 Å². The summed E-state index contributed by atoms with van der Waals surface area (Å²) in [5, 5.41) is 10.5. The lowest BCUT2D eigenvalue weighted by Crippen LogP contribution is -2.29. The number of nitrogens with zero attached hydrogens (tertiary/aromatic N) is 2. The fourth-order valence-electron chi connectivity index (χ4n) is 2.31. The molecule has 0 spiro atoms. The highest BCUT2D eigenvalue weighted by atomic mass is 127. The molecule has 0 heterocycles. The Morgan fingerprint density at radius 1 is 1.23 bits per heavy atom. The maximum Gasteiger partial charge on any atom is 0.273 e. The Bertz CT molecular complexity index is 835. The first-order chi connectivity index (χ1) is 12.6. The minimum Gasteiger partial charge on any atom is -0.398 e. The monoisotopic (exact) mass is 465 g/mol. The summed E-state index contributed by atoms with van der Waals surface area (Å²) in [6.07, 6.45) is 1.67. The molecule has 0 unspecified atom stereocenters. The number of halogens is 1. The molecule has 0 saturated carbocycles. The van der Waals surface area contributed by atoms with E-state index in [1.54, 1.807) is 13.3 Å². The fraction of sp³-hybridized carbons (Fsp3) is 0.211. The second-order valence-electron chi connectivity index (χ2n) is 5.33. The Morgan fingerprint density at radius 3 is 2.69 bits per heavy atom. The normalized spacial score (nSPS) is 11.5. The molecule has 2 aromatic carbocycles. The largest absolute Gasteiger partial charge is 0.398 e. The molecule has 2 rings (SSSR count). The Balaban J connectivity index is 2.23. The lowest BCUT2D eigenvalue weighted by atomic mass is 9.98. The maximum absolute atomic E-state index is 12.1. The van der Waals surface area contributed by atoms with E-state index in [1.807, 2.05) is 49.4 Å². The smallest absolute Gasteiger partial charge is 0.273 e. The van der Waals surface area contributed by atoms with Crippen LogP contribution in [0.15, 0.2) is 52.8 Å². The standard InChI is InChI=1S/C19H20IN3O3/c1-13-7-6-9-15(18(23-25-3)19(24)21-2)16(13)12-26-22-11-14-8-4-5-10-17(14)20/h4-11H,12H2,1-3H3,(H,21,24)/b22-11+,23-18+. The van der Waals surface area contributed by atoms with Crippen LogP contribution in [0.2, 0.25) is 0 Å². The number of aryl methyl sites for hydroxylation is 1. The molecule has 0 aliphatic carbocycles. The van der Waals surface area contributed by atoms with E-state index in [1.165, 1.54) is 7.11 Å². The quantitative estimate of drug-likeness (QED) is 0.388. The molecule has 0 atom stereocenters. The summed E-state index contributed by atoms with van der Waals surface area (Å²) < 4.78 is 1.09. The average molecular weight is 465 g/mol. The predicted octanol–water partition coefficient (Wildman–Crippen LogP) is 3.25. The van der Waals surface area contributed by atoms with Gasteiger partial charge in [0.25, 0.3) is 5.91 Å². The number of benzene rings is 2. The van der Waals surface area contributed by atoms with Gasteiger partial charge >= 0.3 is 0 Å². The second-order valence-corrected chi connectivity index (χ2v) is 6.49. The molecule has 0 aliphatic rings. The molecule has 1 amide bonds. The topological polar surface area (TPSA) is 72.3 Å². The first kappa shape index (κ1) is 19.9. The van der Waals surface area contributed by atoms with Crippen molar-refractivity contribution in [2.45, 2.75) is 13.5 Å². The van der Waals surface area contributed by atoms with Gasteiger partial charge in [-0.05, 0) is 41.1 Å². The number of hydrogen-bond donors (Lipinski definition) is 1.